The van der Waals surface area contributed by atoms with Crippen LogP contribution in [0.15, 0.2) is 0 Å². The van der Waals surface area contributed by atoms with E-state index in [2.05, 4.69) is 21.0 Å². The minimum absolute atomic E-state index is 0.918. The highest BCUT2D eigenvalue weighted by Gasteiger charge is 2.11. The second kappa shape index (κ2) is 2.80. The zero-order chi connectivity index (χ0) is 5.98. The van der Waals surface area contributed by atoms with E-state index in [1.165, 1.54) is 25.9 Å². The molecule has 1 unspecified atom stereocenters. The van der Waals surface area contributed by atoms with Gasteiger partial charge in [-0.3, -0.25) is 4.67 Å². The maximum absolute atomic E-state index is 2.76. The van der Waals surface area contributed by atoms with Gasteiger partial charge in [-0.05, 0) is 18.8 Å². The molecule has 0 saturated carbocycles. The van der Waals surface area contributed by atoms with Crippen molar-refractivity contribution in [3.63, 3.8) is 0 Å². The van der Waals surface area contributed by atoms with Crippen LogP contribution < -0.4 is 0 Å². The van der Waals surface area contributed by atoms with Crippen molar-refractivity contribution in [3.05, 3.63) is 0 Å². The molecular formula is C6H14NP. The molecule has 0 aliphatic carbocycles. The highest BCUT2D eigenvalue weighted by atomic mass is 31.0. The molecule has 1 aliphatic rings. The van der Waals surface area contributed by atoms with E-state index >= 15 is 0 Å². The summed E-state index contributed by atoms with van der Waals surface area (Å²) in [5.41, 5.74) is 0. The normalized spacial score (nSPS) is 33.0. The van der Waals surface area contributed by atoms with Gasteiger partial charge < -0.3 is 0 Å². The van der Waals surface area contributed by atoms with Crippen LogP contribution in [0, 0.1) is 5.92 Å². The summed E-state index contributed by atoms with van der Waals surface area (Å²) in [6.45, 7) is 4.86. The predicted molar refractivity (Wildman–Crippen MR) is 39.7 cm³/mol. The predicted octanol–water partition coefficient (Wildman–Crippen LogP) is 1.51. The molecular weight excluding hydrogens is 117 g/mol. The second-order valence-electron chi connectivity index (χ2n) is 2.74. The van der Waals surface area contributed by atoms with Gasteiger partial charge in [-0.25, -0.2) is 0 Å². The van der Waals surface area contributed by atoms with Crippen molar-refractivity contribution >= 4 is 9.39 Å². The molecule has 8 heavy (non-hydrogen) atoms. The molecule has 1 aliphatic heterocycles. The summed E-state index contributed by atoms with van der Waals surface area (Å²) in [5, 5.41) is 0. The van der Waals surface area contributed by atoms with Crippen molar-refractivity contribution in [2.75, 3.05) is 13.1 Å². The number of hydrogen-bond acceptors (Lipinski definition) is 1. The minimum Gasteiger partial charge on any atom is -0.287 e. The summed E-state index contributed by atoms with van der Waals surface area (Å²) < 4.78 is 2.33. The maximum Gasteiger partial charge on any atom is 0.00419 e. The molecule has 0 aromatic rings. The van der Waals surface area contributed by atoms with Crippen LogP contribution >= 0.6 is 9.39 Å². The smallest absolute Gasteiger partial charge is 0.00419 e. The van der Waals surface area contributed by atoms with Crippen molar-refractivity contribution in [2.45, 2.75) is 19.8 Å². The first kappa shape index (κ1) is 6.51. The fourth-order valence-corrected chi connectivity index (χ4v) is 1.77. The molecule has 0 radical (unpaired) electrons. The van der Waals surface area contributed by atoms with Crippen LogP contribution in [-0.2, 0) is 0 Å². The fraction of sp³-hybridized carbons (Fsp3) is 1.00. The van der Waals surface area contributed by atoms with Gasteiger partial charge in [0.2, 0.25) is 0 Å². The molecule has 1 nitrogen and oxygen atoms in total. The average molecular weight is 131 g/mol. The molecule has 0 aromatic carbocycles. The Labute approximate surface area is 53.7 Å². The summed E-state index contributed by atoms with van der Waals surface area (Å²) in [4.78, 5) is 0. The monoisotopic (exact) mass is 131 g/mol. The van der Waals surface area contributed by atoms with Gasteiger partial charge >= 0.3 is 0 Å². The Bertz CT molecular complexity index is 66.9. The van der Waals surface area contributed by atoms with Crippen LogP contribution in [0.2, 0.25) is 0 Å². The zero-order valence-electron chi connectivity index (χ0n) is 5.43. The second-order valence-corrected chi connectivity index (χ2v) is 3.47. The van der Waals surface area contributed by atoms with E-state index in [1.54, 1.807) is 0 Å². The van der Waals surface area contributed by atoms with Crippen molar-refractivity contribution < 1.29 is 0 Å². The first-order valence-electron chi connectivity index (χ1n) is 3.28. The quantitative estimate of drug-likeness (QED) is 0.450. The molecule has 2 atom stereocenters. The highest BCUT2D eigenvalue weighted by molar-refractivity contribution is 7.13. The van der Waals surface area contributed by atoms with Crippen LogP contribution in [0.1, 0.15) is 19.8 Å². The molecule has 0 aromatic heterocycles. The van der Waals surface area contributed by atoms with Crippen LogP contribution in [0.25, 0.3) is 0 Å². The first-order valence-corrected chi connectivity index (χ1v) is 3.80. The third kappa shape index (κ3) is 1.72. The summed E-state index contributed by atoms with van der Waals surface area (Å²) in [6.07, 6.45) is 2.80. The molecule has 0 bridgehead atoms. The van der Waals surface area contributed by atoms with Crippen molar-refractivity contribution in [1.82, 2.24) is 4.67 Å². The standard InChI is InChI=1S/C6H14NP/c1-6-3-2-4-7(8)5-6/h6H,2-5,8H2,1H3/t6-/m1/s1. The minimum atomic E-state index is 0.918. The number of hydrogen-bond donors (Lipinski definition) is 0. The van der Waals surface area contributed by atoms with E-state index in [4.69, 9.17) is 0 Å². The van der Waals surface area contributed by atoms with Gasteiger partial charge in [0.05, 0.1) is 0 Å². The largest absolute Gasteiger partial charge is 0.287 e. The topological polar surface area (TPSA) is 3.24 Å². The van der Waals surface area contributed by atoms with E-state index in [0.717, 1.165) is 5.92 Å². The number of rotatable bonds is 0. The van der Waals surface area contributed by atoms with Gasteiger partial charge in [0, 0.05) is 13.1 Å². The Morgan fingerprint density at radius 2 is 2.38 bits per heavy atom. The maximum atomic E-state index is 2.76. The SMILES string of the molecule is C[C@@H]1CCCN(P)C1. The van der Waals surface area contributed by atoms with E-state index < -0.39 is 0 Å². The summed E-state index contributed by atoms with van der Waals surface area (Å²) in [6, 6.07) is 0. The van der Waals surface area contributed by atoms with Gasteiger partial charge in [0.1, 0.15) is 0 Å². The molecule has 1 rings (SSSR count). The zero-order valence-corrected chi connectivity index (χ0v) is 6.59. The number of piperidine rings is 1. The van der Waals surface area contributed by atoms with Gasteiger partial charge in [-0.1, -0.05) is 16.3 Å². The molecule has 1 heterocycles. The average Bonchev–Trinajstić information content (AvgIpc) is 1.64. The van der Waals surface area contributed by atoms with E-state index in [1.807, 2.05) is 0 Å². The molecule has 2 heteroatoms. The van der Waals surface area contributed by atoms with Gasteiger partial charge in [0.25, 0.3) is 0 Å². The molecule has 0 amide bonds. The van der Waals surface area contributed by atoms with Gasteiger partial charge in [0.15, 0.2) is 0 Å². The Kier molecular flexibility index (Phi) is 2.27. The molecule has 1 saturated heterocycles. The summed E-state index contributed by atoms with van der Waals surface area (Å²) in [5.74, 6) is 0.918. The fourth-order valence-electron chi connectivity index (χ4n) is 1.23. The Morgan fingerprint density at radius 1 is 1.62 bits per heavy atom. The van der Waals surface area contributed by atoms with Crippen LogP contribution in [0.3, 0.4) is 0 Å². The van der Waals surface area contributed by atoms with Crippen LogP contribution in [0.5, 0.6) is 0 Å². The van der Waals surface area contributed by atoms with Crippen molar-refractivity contribution in [1.29, 1.82) is 0 Å². The van der Waals surface area contributed by atoms with Crippen molar-refractivity contribution in [2.24, 2.45) is 5.92 Å². The molecule has 0 spiro atoms. The highest BCUT2D eigenvalue weighted by Crippen LogP contribution is 2.17. The van der Waals surface area contributed by atoms with E-state index in [-0.39, 0.29) is 0 Å². The number of nitrogens with zero attached hydrogens (tertiary/aromatic N) is 1. The van der Waals surface area contributed by atoms with Crippen LogP contribution in [-0.4, -0.2) is 17.8 Å². The lowest BCUT2D eigenvalue weighted by Gasteiger charge is -2.26. The Morgan fingerprint density at radius 3 is 2.75 bits per heavy atom. The third-order valence-electron chi connectivity index (χ3n) is 1.69. The van der Waals surface area contributed by atoms with Crippen molar-refractivity contribution in [3.8, 4) is 0 Å². The lowest BCUT2D eigenvalue weighted by molar-refractivity contribution is 0.301. The Balaban J connectivity index is 2.23. The third-order valence-corrected chi connectivity index (χ3v) is 2.16. The molecule has 0 N–H and O–H groups in total. The van der Waals surface area contributed by atoms with Gasteiger partial charge in [-0.15, -0.1) is 0 Å². The summed E-state index contributed by atoms with van der Waals surface area (Å²) >= 11 is 0. The van der Waals surface area contributed by atoms with E-state index in [9.17, 15) is 0 Å². The Hall–Kier alpha value is 0.390. The lowest BCUT2D eigenvalue weighted by atomic mass is 10.0. The lowest BCUT2D eigenvalue weighted by Crippen LogP contribution is -2.25. The summed E-state index contributed by atoms with van der Waals surface area (Å²) in [7, 11) is 2.76. The van der Waals surface area contributed by atoms with Gasteiger partial charge in [-0.2, -0.15) is 0 Å². The first-order chi connectivity index (χ1) is 3.79. The van der Waals surface area contributed by atoms with Crippen LogP contribution in [0.4, 0.5) is 0 Å². The molecule has 1 fully saturated rings. The molecule has 48 valence electrons. The van der Waals surface area contributed by atoms with E-state index in [0.29, 0.717) is 0 Å².